The van der Waals surface area contributed by atoms with Crippen LogP contribution in [0, 0.1) is 0 Å². The van der Waals surface area contributed by atoms with Crippen molar-refractivity contribution in [3.63, 3.8) is 0 Å². The van der Waals surface area contributed by atoms with Gasteiger partial charge in [-0.1, -0.05) is 308 Å². The van der Waals surface area contributed by atoms with Gasteiger partial charge in [0.05, 0.1) is 0 Å². The van der Waals surface area contributed by atoms with Crippen LogP contribution in [0.4, 0.5) is 0 Å². The SMILES string of the molecule is CCCCCCCCCCCCCCCCCCCCCCCCc1ccc(CCCCCCCCCCCCCCCCCCCCCCCC)cc1. The zero-order valence-corrected chi connectivity index (χ0v) is 37.8. The van der Waals surface area contributed by atoms with E-state index in [1.54, 1.807) is 11.1 Å². The molecule has 0 aliphatic rings. The third-order valence-electron chi connectivity index (χ3n) is 12.7. The van der Waals surface area contributed by atoms with Gasteiger partial charge in [-0.15, -0.1) is 0 Å². The third kappa shape index (κ3) is 39.5. The van der Waals surface area contributed by atoms with Crippen molar-refractivity contribution in [2.24, 2.45) is 0 Å². The summed E-state index contributed by atoms with van der Waals surface area (Å²) in [6.45, 7) is 4.62. The van der Waals surface area contributed by atoms with Gasteiger partial charge in [0, 0.05) is 0 Å². The number of benzene rings is 1. The third-order valence-corrected chi connectivity index (χ3v) is 12.7. The minimum atomic E-state index is 1.28. The highest BCUT2D eigenvalue weighted by molar-refractivity contribution is 5.22. The first kappa shape index (κ1) is 51.2. The largest absolute Gasteiger partial charge is 0.0654 e. The molecular weight excluding hydrogens is 649 g/mol. The Hall–Kier alpha value is -0.780. The smallest absolute Gasteiger partial charge is 0.0279 e. The first-order valence-corrected chi connectivity index (χ1v) is 25.9. The van der Waals surface area contributed by atoms with E-state index in [9.17, 15) is 0 Å². The fourth-order valence-corrected chi connectivity index (χ4v) is 8.75. The Labute approximate surface area is 343 Å². The summed E-state index contributed by atoms with van der Waals surface area (Å²) in [4.78, 5) is 0. The second-order valence-corrected chi connectivity index (χ2v) is 18.2. The normalized spacial score (nSPS) is 11.6. The van der Waals surface area contributed by atoms with E-state index in [0.29, 0.717) is 0 Å². The Bertz CT molecular complexity index is 724. The Kier molecular flexibility index (Phi) is 42.6. The predicted octanol–water partition coefficient (Wildman–Crippen LogP) is 20.0. The molecule has 0 unspecified atom stereocenters. The van der Waals surface area contributed by atoms with Crippen molar-refractivity contribution in [1.29, 1.82) is 0 Å². The minimum absolute atomic E-state index is 1.28. The van der Waals surface area contributed by atoms with Crippen molar-refractivity contribution in [2.45, 2.75) is 309 Å². The maximum atomic E-state index is 2.42. The molecule has 0 saturated carbocycles. The van der Waals surface area contributed by atoms with Crippen LogP contribution in [0.15, 0.2) is 24.3 Å². The van der Waals surface area contributed by atoms with E-state index in [0.717, 1.165) is 0 Å². The summed E-state index contributed by atoms with van der Waals surface area (Å²) in [5.74, 6) is 0. The van der Waals surface area contributed by atoms with Gasteiger partial charge in [-0.05, 0) is 36.8 Å². The first-order valence-electron chi connectivity index (χ1n) is 25.9. The molecule has 0 heterocycles. The zero-order valence-electron chi connectivity index (χ0n) is 37.8. The lowest BCUT2D eigenvalue weighted by atomic mass is 10.0. The molecule has 0 radical (unpaired) electrons. The van der Waals surface area contributed by atoms with Gasteiger partial charge >= 0.3 is 0 Å². The standard InChI is InChI=1S/C54H102/c1-3-5-7-9-11-13-15-17-19-21-23-25-27-29-31-33-35-37-39-41-43-45-47-53-49-51-54(52-50-53)48-46-44-42-40-38-36-34-32-30-28-26-24-22-20-18-16-14-12-10-8-6-4-2/h49-52H,3-48H2,1-2H3. The van der Waals surface area contributed by atoms with Crippen molar-refractivity contribution in [1.82, 2.24) is 0 Å². The van der Waals surface area contributed by atoms with Gasteiger partial charge in [-0.2, -0.15) is 0 Å². The molecule has 0 fully saturated rings. The van der Waals surface area contributed by atoms with Crippen LogP contribution >= 0.6 is 0 Å². The van der Waals surface area contributed by atoms with Crippen LogP contribution < -0.4 is 0 Å². The van der Waals surface area contributed by atoms with Crippen LogP contribution in [0.2, 0.25) is 0 Å². The molecule has 0 aliphatic heterocycles. The van der Waals surface area contributed by atoms with Gasteiger partial charge in [-0.3, -0.25) is 0 Å². The van der Waals surface area contributed by atoms with Gasteiger partial charge in [0.15, 0.2) is 0 Å². The Morgan fingerprint density at radius 2 is 0.315 bits per heavy atom. The first-order chi connectivity index (χ1) is 26.9. The number of rotatable bonds is 46. The summed E-state index contributed by atoms with van der Waals surface area (Å²) in [5.41, 5.74) is 3.11. The highest BCUT2D eigenvalue weighted by atomic mass is 14.1. The van der Waals surface area contributed by atoms with E-state index in [1.807, 2.05) is 0 Å². The maximum absolute atomic E-state index is 2.42. The van der Waals surface area contributed by atoms with Crippen LogP contribution in [-0.2, 0) is 12.8 Å². The van der Waals surface area contributed by atoms with E-state index in [4.69, 9.17) is 0 Å². The molecule has 0 aromatic heterocycles. The van der Waals surface area contributed by atoms with E-state index in [1.165, 1.54) is 295 Å². The molecule has 0 aliphatic carbocycles. The maximum Gasteiger partial charge on any atom is -0.0279 e. The Balaban J connectivity index is 1.75. The topological polar surface area (TPSA) is 0 Å². The molecule has 0 spiro atoms. The predicted molar refractivity (Wildman–Crippen MR) is 248 cm³/mol. The Morgan fingerprint density at radius 3 is 0.463 bits per heavy atom. The van der Waals surface area contributed by atoms with E-state index >= 15 is 0 Å². The van der Waals surface area contributed by atoms with E-state index in [-0.39, 0.29) is 0 Å². The summed E-state index contributed by atoms with van der Waals surface area (Å²) in [7, 11) is 0. The van der Waals surface area contributed by atoms with Gasteiger partial charge in [0.2, 0.25) is 0 Å². The molecule has 0 bridgehead atoms. The molecule has 0 N–H and O–H groups in total. The highest BCUT2D eigenvalue weighted by Gasteiger charge is 2.00. The van der Waals surface area contributed by atoms with E-state index in [2.05, 4.69) is 38.1 Å². The van der Waals surface area contributed by atoms with Crippen LogP contribution in [0.5, 0.6) is 0 Å². The number of hydrogen-bond donors (Lipinski definition) is 0. The second kappa shape index (κ2) is 44.9. The molecule has 1 aromatic rings. The van der Waals surface area contributed by atoms with Gasteiger partial charge in [0.25, 0.3) is 0 Å². The van der Waals surface area contributed by atoms with Gasteiger partial charge in [-0.25, -0.2) is 0 Å². The summed E-state index contributed by atoms with van der Waals surface area (Å²) < 4.78 is 0. The summed E-state index contributed by atoms with van der Waals surface area (Å²) in [6, 6.07) is 9.69. The lowest BCUT2D eigenvalue weighted by Crippen LogP contribution is -1.90. The summed E-state index contributed by atoms with van der Waals surface area (Å²) >= 11 is 0. The highest BCUT2D eigenvalue weighted by Crippen LogP contribution is 2.18. The Morgan fingerprint density at radius 1 is 0.185 bits per heavy atom. The molecule has 1 aromatic carbocycles. The van der Waals surface area contributed by atoms with E-state index < -0.39 is 0 Å². The molecule has 318 valence electrons. The van der Waals surface area contributed by atoms with Crippen molar-refractivity contribution in [3.05, 3.63) is 35.4 Å². The molecule has 0 atom stereocenters. The average Bonchev–Trinajstić information content (AvgIpc) is 3.19. The van der Waals surface area contributed by atoms with Crippen molar-refractivity contribution in [2.75, 3.05) is 0 Å². The van der Waals surface area contributed by atoms with Gasteiger partial charge < -0.3 is 0 Å². The number of unbranched alkanes of at least 4 members (excludes halogenated alkanes) is 42. The second-order valence-electron chi connectivity index (χ2n) is 18.2. The molecule has 54 heavy (non-hydrogen) atoms. The lowest BCUT2D eigenvalue weighted by Gasteiger charge is -2.06. The average molecular weight is 751 g/mol. The molecule has 1 rings (SSSR count). The molecule has 0 heteroatoms. The molecule has 0 nitrogen and oxygen atoms in total. The fraction of sp³-hybridized carbons (Fsp3) is 0.889. The molecule has 0 amide bonds. The van der Waals surface area contributed by atoms with Gasteiger partial charge in [0.1, 0.15) is 0 Å². The molecular formula is C54H102. The quantitative estimate of drug-likeness (QED) is 0.0582. The minimum Gasteiger partial charge on any atom is -0.0654 e. The van der Waals surface area contributed by atoms with Crippen LogP contribution in [0.25, 0.3) is 0 Å². The fourth-order valence-electron chi connectivity index (χ4n) is 8.75. The van der Waals surface area contributed by atoms with Crippen molar-refractivity contribution in [3.8, 4) is 0 Å². The van der Waals surface area contributed by atoms with Crippen molar-refractivity contribution >= 4 is 0 Å². The summed E-state index contributed by atoms with van der Waals surface area (Å²) in [6.07, 6.45) is 66.9. The molecule has 0 saturated heterocycles. The van der Waals surface area contributed by atoms with Crippen LogP contribution in [0.3, 0.4) is 0 Å². The van der Waals surface area contributed by atoms with Crippen LogP contribution in [-0.4, -0.2) is 0 Å². The van der Waals surface area contributed by atoms with Crippen LogP contribution in [0.1, 0.15) is 307 Å². The number of hydrogen-bond acceptors (Lipinski definition) is 0. The summed E-state index contributed by atoms with van der Waals surface area (Å²) in [5, 5.41) is 0. The monoisotopic (exact) mass is 751 g/mol. The zero-order chi connectivity index (χ0) is 38.5. The van der Waals surface area contributed by atoms with Crippen molar-refractivity contribution < 1.29 is 0 Å². The lowest BCUT2D eigenvalue weighted by molar-refractivity contribution is 0.519. The number of aryl methyl sites for hydroxylation is 2.